The number of fused-ring (bicyclic) bond motifs is 3. The van der Waals surface area contributed by atoms with E-state index in [1.807, 2.05) is 13.0 Å². The second kappa shape index (κ2) is 4.74. The average molecular weight is 262 g/mol. The maximum atomic E-state index is 11.3. The van der Waals surface area contributed by atoms with Gasteiger partial charge in [0.1, 0.15) is 0 Å². The Morgan fingerprint density at radius 1 is 1.32 bits per heavy atom. The van der Waals surface area contributed by atoms with E-state index in [0.29, 0.717) is 6.79 Å². The molecule has 0 aliphatic carbocycles. The van der Waals surface area contributed by atoms with E-state index < -0.39 is 0 Å². The highest BCUT2D eigenvalue weighted by Gasteiger charge is 2.26. The van der Waals surface area contributed by atoms with Gasteiger partial charge < -0.3 is 15.2 Å². The van der Waals surface area contributed by atoms with Crippen molar-refractivity contribution < 1.29 is 14.3 Å². The van der Waals surface area contributed by atoms with Crippen molar-refractivity contribution in [2.24, 2.45) is 5.73 Å². The minimum atomic E-state index is -0.268. The number of nitrogens with zero attached hydrogens (tertiary/aromatic N) is 1. The lowest BCUT2D eigenvalue weighted by atomic mass is 10.0. The van der Waals surface area contributed by atoms with Gasteiger partial charge in [0.05, 0.1) is 6.04 Å². The molecule has 0 fully saturated rings. The van der Waals surface area contributed by atoms with Crippen LogP contribution in [0.3, 0.4) is 0 Å². The Bertz CT molecular complexity index is 516. The number of ether oxygens (including phenoxy) is 2. The summed E-state index contributed by atoms with van der Waals surface area (Å²) in [6.07, 6.45) is 1.77. The topological polar surface area (TPSA) is 64.8 Å². The van der Waals surface area contributed by atoms with Crippen molar-refractivity contribution in [3.05, 3.63) is 23.3 Å². The van der Waals surface area contributed by atoms with E-state index in [1.165, 1.54) is 11.1 Å². The number of carbonyl (C=O) groups excluding carboxylic acids is 1. The zero-order valence-electron chi connectivity index (χ0n) is 11.0. The molecule has 2 N–H and O–H groups in total. The van der Waals surface area contributed by atoms with Crippen LogP contribution in [-0.2, 0) is 17.6 Å². The number of carbonyl (C=O) groups is 1. The van der Waals surface area contributed by atoms with E-state index in [4.69, 9.17) is 15.2 Å². The van der Waals surface area contributed by atoms with Crippen LogP contribution in [0.5, 0.6) is 11.5 Å². The zero-order chi connectivity index (χ0) is 13.4. The summed E-state index contributed by atoms with van der Waals surface area (Å²) in [4.78, 5) is 13.4. The number of hydrogen-bond acceptors (Lipinski definition) is 4. The molecule has 2 heterocycles. The molecule has 0 saturated heterocycles. The predicted octanol–water partition coefficient (Wildman–Crippen LogP) is 0.690. The van der Waals surface area contributed by atoms with Crippen LogP contribution in [0.25, 0.3) is 0 Å². The van der Waals surface area contributed by atoms with Gasteiger partial charge in [0.15, 0.2) is 11.5 Å². The van der Waals surface area contributed by atoms with Crippen LogP contribution in [0.15, 0.2) is 12.1 Å². The van der Waals surface area contributed by atoms with Gasteiger partial charge in [-0.3, -0.25) is 9.69 Å². The highest BCUT2D eigenvalue weighted by molar-refractivity contribution is 5.79. The summed E-state index contributed by atoms with van der Waals surface area (Å²) in [6, 6.07) is 3.84. The summed E-state index contributed by atoms with van der Waals surface area (Å²) >= 11 is 0. The lowest BCUT2D eigenvalue weighted by molar-refractivity contribution is -0.122. The van der Waals surface area contributed by atoms with Crippen LogP contribution >= 0.6 is 0 Å². The largest absolute Gasteiger partial charge is 0.454 e. The molecular weight excluding hydrogens is 244 g/mol. The Morgan fingerprint density at radius 2 is 2.11 bits per heavy atom. The van der Waals surface area contributed by atoms with E-state index in [9.17, 15) is 4.79 Å². The fourth-order valence-electron chi connectivity index (χ4n) is 2.78. The van der Waals surface area contributed by atoms with Crippen LogP contribution in [0.1, 0.15) is 18.1 Å². The van der Waals surface area contributed by atoms with Crippen molar-refractivity contribution in [1.82, 2.24) is 4.90 Å². The van der Waals surface area contributed by atoms with Crippen LogP contribution in [0.2, 0.25) is 0 Å². The minimum Gasteiger partial charge on any atom is -0.454 e. The molecule has 1 aromatic rings. The Hall–Kier alpha value is -1.75. The molecule has 0 aromatic heterocycles. The minimum absolute atomic E-state index is 0.223. The summed E-state index contributed by atoms with van der Waals surface area (Å²) in [6.45, 7) is 3.82. The molecule has 19 heavy (non-hydrogen) atoms. The van der Waals surface area contributed by atoms with Crippen molar-refractivity contribution in [3.8, 4) is 11.5 Å². The summed E-state index contributed by atoms with van der Waals surface area (Å²) in [7, 11) is 0. The molecule has 1 unspecified atom stereocenters. The second-order valence-corrected chi connectivity index (χ2v) is 5.05. The van der Waals surface area contributed by atoms with Gasteiger partial charge in [-0.2, -0.15) is 0 Å². The number of nitrogens with two attached hydrogens (primary N) is 1. The van der Waals surface area contributed by atoms with E-state index in [1.54, 1.807) is 0 Å². The fourth-order valence-corrected chi connectivity index (χ4v) is 2.78. The van der Waals surface area contributed by atoms with Crippen molar-refractivity contribution in [2.75, 3.05) is 19.9 Å². The van der Waals surface area contributed by atoms with Crippen molar-refractivity contribution in [2.45, 2.75) is 25.8 Å². The first-order valence-electron chi connectivity index (χ1n) is 6.60. The van der Waals surface area contributed by atoms with Crippen molar-refractivity contribution in [3.63, 3.8) is 0 Å². The van der Waals surface area contributed by atoms with E-state index in [2.05, 4.69) is 11.0 Å². The number of benzene rings is 1. The van der Waals surface area contributed by atoms with Gasteiger partial charge in [-0.15, -0.1) is 0 Å². The van der Waals surface area contributed by atoms with E-state index in [0.717, 1.165) is 37.4 Å². The Morgan fingerprint density at radius 3 is 2.89 bits per heavy atom. The smallest absolute Gasteiger partial charge is 0.234 e. The van der Waals surface area contributed by atoms with Crippen LogP contribution in [0.4, 0.5) is 0 Å². The summed E-state index contributed by atoms with van der Waals surface area (Å²) in [5.41, 5.74) is 7.89. The second-order valence-electron chi connectivity index (χ2n) is 5.05. The third-order valence-electron chi connectivity index (χ3n) is 4.02. The molecule has 1 amide bonds. The van der Waals surface area contributed by atoms with Gasteiger partial charge in [0, 0.05) is 18.7 Å². The molecular formula is C14H18N2O3. The molecule has 2 aliphatic rings. The van der Waals surface area contributed by atoms with Gasteiger partial charge in [-0.05, 0) is 31.4 Å². The molecule has 3 rings (SSSR count). The van der Waals surface area contributed by atoms with Crippen LogP contribution < -0.4 is 15.2 Å². The Kier molecular flexibility index (Phi) is 3.06. The SMILES string of the molecule is CC(C(N)=O)N1CCc2ccc3c(c2CC1)OCO3. The average Bonchev–Trinajstić information content (AvgIpc) is 2.77. The third-order valence-corrected chi connectivity index (χ3v) is 4.02. The first-order chi connectivity index (χ1) is 9.16. The highest BCUT2D eigenvalue weighted by Crippen LogP contribution is 2.38. The Labute approximate surface area is 112 Å². The summed E-state index contributed by atoms with van der Waals surface area (Å²) in [5, 5.41) is 0. The first kappa shape index (κ1) is 12.3. The van der Waals surface area contributed by atoms with Gasteiger partial charge in [-0.25, -0.2) is 0 Å². The lowest BCUT2D eigenvalue weighted by Gasteiger charge is -2.24. The van der Waals surface area contributed by atoms with Gasteiger partial charge in [0.25, 0.3) is 0 Å². The number of hydrogen-bond donors (Lipinski definition) is 1. The van der Waals surface area contributed by atoms with Gasteiger partial charge >= 0.3 is 0 Å². The normalized spacial score (nSPS) is 19.6. The number of amides is 1. The summed E-state index contributed by atoms with van der Waals surface area (Å²) in [5.74, 6) is 1.44. The molecule has 1 aromatic carbocycles. The molecule has 0 radical (unpaired) electrons. The Balaban J connectivity index is 1.85. The van der Waals surface area contributed by atoms with E-state index >= 15 is 0 Å². The van der Waals surface area contributed by atoms with Gasteiger partial charge in [0.2, 0.25) is 12.7 Å². The van der Waals surface area contributed by atoms with Crippen LogP contribution in [-0.4, -0.2) is 36.7 Å². The monoisotopic (exact) mass is 262 g/mol. The highest BCUT2D eigenvalue weighted by atomic mass is 16.7. The zero-order valence-corrected chi connectivity index (χ0v) is 11.0. The molecule has 5 heteroatoms. The molecule has 5 nitrogen and oxygen atoms in total. The van der Waals surface area contributed by atoms with Gasteiger partial charge in [-0.1, -0.05) is 6.07 Å². The quantitative estimate of drug-likeness (QED) is 0.851. The molecule has 0 saturated carbocycles. The fraction of sp³-hybridized carbons (Fsp3) is 0.500. The predicted molar refractivity (Wildman–Crippen MR) is 70.2 cm³/mol. The maximum absolute atomic E-state index is 11.3. The molecule has 2 aliphatic heterocycles. The molecule has 0 spiro atoms. The van der Waals surface area contributed by atoms with Crippen molar-refractivity contribution >= 4 is 5.91 Å². The molecule has 102 valence electrons. The number of primary amides is 1. The van der Waals surface area contributed by atoms with Crippen molar-refractivity contribution in [1.29, 1.82) is 0 Å². The van der Waals surface area contributed by atoms with E-state index in [-0.39, 0.29) is 11.9 Å². The number of rotatable bonds is 2. The first-order valence-corrected chi connectivity index (χ1v) is 6.60. The van der Waals surface area contributed by atoms with Crippen LogP contribution in [0, 0.1) is 0 Å². The summed E-state index contributed by atoms with van der Waals surface area (Å²) < 4.78 is 11.0. The maximum Gasteiger partial charge on any atom is 0.234 e. The standard InChI is InChI=1S/C14H18N2O3/c1-9(14(15)17)16-6-4-10-2-3-12-13(19-8-18-12)11(10)5-7-16/h2-3,9H,4-8H2,1H3,(H2,15,17). The molecule has 0 bridgehead atoms. The lowest BCUT2D eigenvalue weighted by Crippen LogP contribution is -2.43. The molecule has 1 atom stereocenters. The third kappa shape index (κ3) is 2.14.